The largest absolute Gasteiger partial charge is 0.356 e. The van der Waals surface area contributed by atoms with Gasteiger partial charge in [-0.25, -0.2) is 4.98 Å². The van der Waals surface area contributed by atoms with Crippen LogP contribution in [0, 0.1) is 23.2 Å². The highest BCUT2D eigenvalue weighted by atomic mass is 16.2. The van der Waals surface area contributed by atoms with Crippen molar-refractivity contribution in [3.05, 3.63) is 18.3 Å². The molecule has 2 amide bonds. The topological polar surface area (TPSA) is 77.6 Å². The standard InChI is InChI=1S/C25H37N5O2/c1-29-7-9-30(10-8-29)22-5-4-21(17-27-22)28-23(31)3-2-6-26-24(32)25-14-18-11-19(15-25)13-20(12-18)16-25/h4-5,17-20H,2-3,6-16H2,1H3,(H,26,32)(H,28,31). The maximum absolute atomic E-state index is 13.0. The minimum atomic E-state index is -0.103. The van der Waals surface area contributed by atoms with Crippen LogP contribution in [-0.2, 0) is 9.59 Å². The second kappa shape index (κ2) is 9.00. The van der Waals surface area contributed by atoms with Gasteiger partial charge in [-0.15, -0.1) is 0 Å². The van der Waals surface area contributed by atoms with Crippen LogP contribution in [0.2, 0.25) is 0 Å². The summed E-state index contributed by atoms with van der Waals surface area (Å²) in [5.41, 5.74) is 0.624. The third kappa shape index (κ3) is 4.63. The molecule has 32 heavy (non-hydrogen) atoms. The summed E-state index contributed by atoms with van der Waals surface area (Å²) in [6, 6.07) is 3.90. The van der Waals surface area contributed by atoms with Crippen molar-refractivity contribution in [1.29, 1.82) is 0 Å². The molecule has 1 aliphatic heterocycles. The van der Waals surface area contributed by atoms with Gasteiger partial charge in [-0.2, -0.15) is 0 Å². The molecule has 5 fully saturated rings. The van der Waals surface area contributed by atoms with Crippen LogP contribution < -0.4 is 15.5 Å². The number of carbonyl (C=O) groups excluding carboxylic acids is 2. The predicted molar refractivity (Wildman–Crippen MR) is 125 cm³/mol. The number of carbonyl (C=O) groups is 2. The van der Waals surface area contributed by atoms with Crippen LogP contribution in [-0.4, -0.2) is 61.5 Å². The van der Waals surface area contributed by atoms with Crippen molar-refractivity contribution in [1.82, 2.24) is 15.2 Å². The maximum atomic E-state index is 13.0. The Balaban J connectivity index is 1.03. The van der Waals surface area contributed by atoms with E-state index in [0.29, 0.717) is 19.4 Å². The molecule has 7 nitrogen and oxygen atoms in total. The third-order valence-corrected chi connectivity index (χ3v) is 8.24. The molecule has 0 unspecified atom stereocenters. The van der Waals surface area contributed by atoms with E-state index in [1.165, 1.54) is 19.3 Å². The molecule has 174 valence electrons. The molecule has 1 aromatic rings. The molecule has 7 heteroatoms. The summed E-state index contributed by atoms with van der Waals surface area (Å²) in [5.74, 6) is 3.50. The molecule has 5 aliphatic rings. The van der Waals surface area contributed by atoms with Gasteiger partial charge < -0.3 is 20.4 Å². The van der Waals surface area contributed by atoms with Crippen molar-refractivity contribution in [2.45, 2.75) is 51.4 Å². The van der Waals surface area contributed by atoms with Crippen molar-refractivity contribution >= 4 is 23.3 Å². The Morgan fingerprint density at radius 1 is 1.03 bits per heavy atom. The average Bonchev–Trinajstić information content (AvgIpc) is 2.77. The summed E-state index contributed by atoms with van der Waals surface area (Å²) in [4.78, 5) is 34.4. The van der Waals surface area contributed by atoms with Crippen LogP contribution >= 0.6 is 0 Å². The lowest BCUT2D eigenvalue weighted by molar-refractivity contribution is -0.146. The van der Waals surface area contributed by atoms with Crippen LogP contribution in [0.3, 0.4) is 0 Å². The molecule has 2 heterocycles. The van der Waals surface area contributed by atoms with E-state index in [-0.39, 0.29) is 17.2 Å². The van der Waals surface area contributed by atoms with Crippen LogP contribution in [0.5, 0.6) is 0 Å². The summed E-state index contributed by atoms with van der Waals surface area (Å²) in [6.07, 6.45) is 10.1. The second-order valence-electron chi connectivity index (χ2n) is 10.8. The lowest BCUT2D eigenvalue weighted by atomic mass is 9.49. The number of pyridine rings is 1. The lowest BCUT2D eigenvalue weighted by Crippen LogP contribution is -2.53. The van der Waals surface area contributed by atoms with Crippen molar-refractivity contribution in [3.8, 4) is 0 Å². The Morgan fingerprint density at radius 2 is 1.69 bits per heavy atom. The van der Waals surface area contributed by atoms with Gasteiger partial charge in [0.15, 0.2) is 0 Å². The van der Waals surface area contributed by atoms with Gasteiger partial charge in [0.1, 0.15) is 5.82 Å². The summed E-state index contributed by atoms with van der Waals surface area (Å²) in [7, 11) is 2.14. The first kappa shape index (κ1) is 21.7. The summed E-state index contributed by atoms with van der Waals surface area (Å²) in [5, 5.41) is 6.10. The van der Waals surface area contributed by atoms with Gasteiger partial charge >= 0.3 is 0 Å². The normalized spacial score (nSPS) is 31.5. The number of nitrogens with one attached hydrogen (secondary N) is 2. The Bertz CT molecular complexity index is 796. The molecule has 6 rings (SSSR count). The third-order valence-electron chi connectivity index (χ3n) is 8.24. The quantitative estimate of drug-likeness (QED) is 0.639. The number of anilines is 2. The fourth-order valence-electron chi connectivity index (χ4n) is 6.93. The lowest BCUT2D eigenvalue weighted by Gasteiger charge is -2.55. The zero-order chi connectivity index (χ0) is 22.1. The van der Waals surface area contributed by atoms with E-state index in [1.54, 1.807) is 6.20 Å². The second-order valence-corrected chi connectivity index (χ2v) is 10.8. The van der Waals surface area contributed by atoms with Gasteiger partial charge in [0.25, 0.3) is 0 Å². The van der Waals surface area contributed by atoms with Gasteiger partial charge in [-0.3, -0.25) is 9.59 Å². The molecule has 1 saturated heterocycles. The first-order valence-corrected chi connectivity index (χ1v) is 12.5. The Morgan fingerprint density at radius 3 is 2.28 bits per heavy atom. The summed E-state index contributed by atoms with van der Waals surface area (Å²) < 4.78 is 0. The fraction of sp³-hybridized carbons (Fsp3) is 0.720. The van der Waals surface area contributed by atoms with E-state index in [2.05, 4.69) is 32.5 Å². The van der Waals surface area contributed by atoms with Crippen LogP contribution in [0.25, 0.3) is 0 Å². The van der Waals surface area contributed by atoms with E-state index in [0.717, 1.165) is 74.7 Å². The highest BCUT2D eigenvalue weighted by Crippen LogP contribution is 2.60. The highest BCUT2D eigenvalue weighted by Gasteiger charge is 2.54. The number of likely N-dealkylation sites (N-methyl/N-ethyl adjacent to an activating group) is 1. The molecule has 4 saturated carbocycles. The van der Waals surface area contributed by atoms with Crippen molar-refractivity contribution in [2.75, 3.05) is 50.0 Å². The van der Waals surface area contributed by atoms with Crippen molar-refractivity contribution in [2.24, 2.45) is 23.2 Å². The smallest absolute Gasteiger partial charge is 0.226 e. The number of nitrogens with zero attached hydrogens (tertiary/aromatic N) is 3. The molecular weight excluding hydrogens is 402 g/mol. The number of rotatable bonds is 7. The van der Waals surface area contributed by atoms with Gasteiger partial charge in [0, 0.05) is 44.6 Å². The highest BCUT2D eigenvalue weighted by molar-refractivity contribution is 5.90. The first-order chi connectivity index (χ1) is 15.5. The molecule has 1 aromatic heterocycles. The van der Waals surface area contributed by atoms with E-state index >= 15 is 0 Å². The molecule has 0 radical (unpaired) electrons. The maximum Gasteiger partial charge on any atom is 0.226 e. The van der Waals surface area contributed by atoms with Crippen LogP contribution in [0.4, 0.5) is 11.5 Å². The Kier molecular flexibility index (Phi) is 6.10. The molecular formula is C25H37N5O2. The van der Waals surface area contributed by atoms with Crippen LogP contribution in [0.1, 0.15) is 51.4 Å². The molecule has 2 N–H and O–H groups in total. The minimum absolute atomic E-state index is 0.0248. The number of aromatic nitrogens is 1. The average molecular weight is 440 g/mol. The number of hydrogen-bond donors (Lipinski definition) is 2. The van der Waals surface area contributed by atoms with E-state index in [1.807, 2.05) is 12.1 Å². The van der Waals surface area contributed by atoms with Crippen molar-refractivity contribution in [3.63, 3.8) is 0 Å². The monoisotopic (exact) mass is 439 g/mol. The molecule has 0 atom stereocenters. The number of hydrogen-bond acceptors (Lipinski definition) is 5. The van der Waals surface area contributed by atoms with Gasteiger partial charge in [0.2, 0.25) is 11.8 Å². The minimum Gasteiger partial charge on any atom is -0.356 e. The predicted octanol–water partition coefficient (Wildman–Crippen LogP) is 2.88. The summed E-state index contributed by atoms with van der Waals surface area (Å²) >= 11 is 0. The molecule has 4 bridgehead atoms. The van der Waals surface area contributed by atoms with E-state index in [9.17, 15) is 9.59 Å². The zero-order valence-corrected chi connectivity index (χ0v) is 19.3. The molecule has 4 aliphatic carbocycles. The SMILES string of the molecule is CN1CCN(c2ccc(NC(=O)CCCNC(=O)C34CC5CC(CC(C5)C3)C4)cn2)CC1. The Labute approximate surface area is 191 Å². The fourth-order valence-corrected chi connectivity index (χ4v) is 6.93. The number of amides is 2. The van der Waals surface area contributed by atoms with E-state index < -0.39 is 0 Å². The number of piperazine rings is 1. The van der Waals surface area contributed by atoms with E-state index in [4.69, 9.17) is 0 Å². The Hall–Kier alpha value is -2.15. The zero-order valence-electron chi connectivity index (χ0n) is 19.3. The molecule has 0 spiro atoms. The summed E-state index contributed by atoms with van der Waals surface area (Å²) in [6.45, 7) is 4.61. The molecule has 0 aromatic carbocycles. The van der Waals surface area contributed by atoms with Gasteiger partial charge in [-0.05, 0) is 81.9 Å². The first-order valence-electron chi connectivity index (χ1n) is 12.5. The van der Waals surface area contributed by atoms with Gasteiger partial charge in [-0.1, -0.05) is 0 Å². The van der Waals surface area contributed by atoms with Crippen molar-refractivity contribution < 1.29 is 9.59 Å². The van der Waals surface area contributed by atoms with Gasteiger partial charge in [0.05, 0.1) is 11.9 Å². The van der Waals surface area contributed by atoms with Crippen LogP contribution in [0.15, 0.2) is 18.3 Å².